The van der Waals surface area contributed by atoms with Gasteiger partial charge in [-0.05, 0) is 50.6 Å². The fourth-order valence-corrected chi connectivity index (χ4v) is 3.22. The summed E-state index contributed by atoms with van der Waals surface area (Å²) in [4.78, 5) is 17.3. The molecule has 0 spiro atoms. The number of thiazole rings is 1. The molecule has 0 aliphatic carbocycles. The number of aromatic nitrogens is 1. The highest BCUT2D eigenvalue weighted by molar-refractivity contribution is 7.17. The summed E-state index contributed by atoms with van der Waals surface area (Å²) < 4.78 is 13.0. The van der Waals surface area contributed by atoms with E-state index >= 15 is 0 Å². The molecule has 0 unspecified atom stereocenters. The quantitative estimate of drug-likeness (QED) is 0.726. The maximum atomic E-state index is 13.0. The van der Waals surface area contributed by atoms with Crippen LogP contribution >= 0.6 is 11.3 Å². The Hall–Kier alpha value is -1.79. The zero-order valence-corrected chi connectivity index (χ0v) is 14.1. The van der Waals surface area contributed by atoms with Gasteiger partial charge in [0, 0.05) is 12.1 Å². The summed E-state index contributed by atoms with van der Waals surface area (Å²) in [6.07, 6.45) is 4.15. The van der Waals surface area contributed by atoms with Crippen molar-refractivity contribution in [3.63, 3.8) is 0 Å². The minimum Gasteiger partial charge on any atom is -0.351 e. The van der Waals surface area contributed by atoms with Crippen molar-refractivity contribution in [1.29, 1.82) is 0 Å². The fraction of sp³-hybridized carbons (Fsp3) is 0.412. The van der Waals surface area contributed by atoms with Crippen LogP contribution < -0.4 is 11.1 Å². The molecule has 3 N–H and O–H groups in total. The van der Waals surface area contributed by atoms with Gasteiger partial charge in [-0.3, -0.25) is 4.79 Å². The molecule has 6 heteroatoms. The minimum atomic E-state index is -0.283. The van der Waals surface area contributed by atoms with Gasteiger partial charge < -0.3 is 11.1 Å². The van der Waals surface area contributed by atoms with Crippen molar-refractivity contribution in [1.82, 2.24) is 10.3 Å². The lowest BCUT2D eigenvalue weighted by atomic mass is 10.2. The van der Waals surface area contributed by atoms with Crippen LogP contribution in [0.1, 0.15) is 41.0 Å². The van der Waals surface area contributed by atoms with Crippen LogP contribution in [0.15, 0.2) is 24.3 Å². The topological polar surface area (TPSA) is 68.0 Å². The molecular weight excluding hydrogens is 313 g/mol. The highest BCUT2D eigenvalue weighted by Crippen LogP contribution is 2.28. The van der Waals surface area contributed by atoms with Gasteiger partial charge in [0.15, 0.2) is 0 Å². The number of nitrogens with zero attached hydrogens (tertiary/aromatic N) is 1. The number of rotatable bonds is 8. The average molecular weight is 335 g/mol. The number of hydrogen-bond donors (Lipinski definition) is 2. The van der Waals surface area contributed by atoms with Crippen LogP contribution in [0, 0.1) is 12.7 Å². The van der Waals surface area contributed by atoms with E-state index in [-0.39, 0.29) is 11.7 Å². The van der Waals surface area contributed by atoms with E-state index in [4.69, 9.17) is 5.73 Å². The number of carbonyl (C=O) groups excluding carboxylic acids is 1. The van der Waals surface area contributed by atoms with Crippen molar-refractivity contribution in [3.8, 4) is 10.6 Å². The van der Waals surface area contributed by atoms with E-state index in [0.29, 0.717) is 17.1 Å². The van der Waals surface area contributed by atoms with Crippen LogP contribution in [0.3, 0.4) is 0 Å². The molecule has 0 saturated heterocycles. The Morgan fingerprint density at radius 3 is 2.61 bits per heavy atom. The van der Waals surface area contributed by atoms with Crippen molar-refractivity contribution in [3.05, 3.63) is 40.7 Å². The van der Waals surface area contributed by atoms with Crippen LogP contribution in [-0.4, -0.2) is 24.0 Å². The lowest BCUT2D eigenvalue weighted by molar-refractivity contribution is 0.0956. The smallest absolute Gasteiger partial charge is 0.263 e. The van der Waals surface area contributed by atoms with Crippen molar-refractivity contribution >= 4 is 17.2 Å². The molecule has 0 fully saturated rings. The standard InChI is InChI=1S/C17H22FN3OS/c1-12-15(16(22)20-11-5-3-2-4-10-19)23-17(21-12)13-6-8-14(18)9-7-13/h6-9H,2-5,10-11,19H2,1H3,(H,20,22). The maximum absolute atomic E-state index is 13.0. The molecule has 1 aromatic heterocycles. The second-order valence-corrected chi connectivity index (χ2v) is 6.40. The van der Waals surface area contributed by atoms with Crippen LogP contribution in [-0.2, 0) is 0 Å². The molecule has 2 aromatic rings. The number of hydrogen-bond acceptors (Lipinski definition) is 4. The van der Waals surface area contributed by atoms with Gasteiger partial charge in [-0.15, -0.1) is 11.3 Å². The Balaban J connectivity index is 1.92. The number of carbonyl (C=O) groups is 1. The highest BCUT2D eigenvalue weighted by atomic mass is 32.1. The van der Waals surface area contributed by atoms with Gasteiger partial charge >= 0.3 is 0 Å². The Bertz CT molecular complexity index is 640. The maximum Gasteiger partial charge on any atom is 0.263 e. The third-order valence-corrected chi connectivity index (χ3v) is 4.72. The minimum absolute atomic E-state index is 0.0906. The van der Waals surface area contributed by atoms with Gasteiger partial charge in [0.2, 0.25) is 0 Å². The molecule has 23 heavy (non-hydrogen) atoms. The largest absolute Gasteiger partial charge is 0.351 e. The predicted octanol–water partition coefficient (Wildman–Crippen LogP) is 3.51. The molecular formula is C17H22FN3OS. The molecule has 0 radical (unpaired) electrons. The normalized spacial score (nSPS) is 10.7. The van der Waals surface area contributed by atoms with Gasteiger partial charge in [-0.25, -0.2) is 9.37 Å². The predicted molar refractivity (Wildman–Crippen MR) is 92.1 cm³/mol. The lowest BCUT2D eigenvalue weighted by Crippen LogP contribution is -2.24. The Kier molecular flexibility index (Phi) is 6.67. The molecule has 0 atom stereocenters. The third-order valence-electron chi connectivity index (χ3n) is 3.51. The Labute approximate surface area is 139 Å². The molecule has 0 aliphatic heterocycles. The van der Waals surface area contributed by atoms with Crippen molar-refractivity contribution in [2.75, 3.05) is 13.1 Å². The molecule has 1 heterocycles. The second kappa shape index (κ2) is 8.74. The van der Waals surface area contributed by atoms with Crippen LogP contribution in [0.5, 0.6) is 0 Å². The van der Waals surface area contributed by atoms with E-state index in [1.54, 1.807) is 12.1 Å². The molecule has 2 rings (SSSR count). The molecule has 0 saturated carbocycles. The van der Waals surface area contributed by atoms with E-state index in [0.717, 1.165) is 42.8 Å². The Morgan fingerprint density at radius 1 is 1.22 bits per heavy atom. The van der Waals surface area contributed by atoms with Crippen LogP contribution in [0.2, 0.25) is 0 Å². The zero-order valence-electron chi connectivity index (χ0n) is 13.3. The molecule has 0 bridgehead atoms. The highest BCUT2D eigenvalue weighted by Gasteiger charge is 2.15. The molecule has 124 valence electrons. The van der Waals surface area contributed by atoms with Gasteiger partial charge in [0.05, 0.1) is 5.69 Å². The van der Waals surface area contributed by atoms with E-state index in [1.165, 1.54) is 23.5 Å². The Morgan fingerprint density at radius 2 is 1.91 bits per heavy atom. The summed E-state index contributed by atoms with van der Waals surface area (Å²) in [7, 11) is 0. The number of benzene rings is 1. The number of unbranched alkanes of at least 4 members (excludes halogenated alkanes) is 3. The second-order valence-electron chi connectivity index (χ2n) is 5.40. The van der Waals surface area contributed by atoms with Crippen molar-refractivity contribution in [2.24, 2.45) is 5.73 Å². The van der Waals surface area contributed by atoms with E-state index in [9.17, 15) is 9.18 Å². The summed E-state index contributed by atoms with van der Waals surface area (Å²) in [6.45, 7) is 3.20. The lowest BCUT2D eigenvalue weighted by Gasteiger charge is -2.03. The van der Waals surface area contributed by atoms with Crippen LogP contribution in [0.4, 0.5) is 4.39 Å². The van der Waals surface area contributed by atoms with Gasteiger partial charge in [0.1, 0.15) is 15.7 Å². The molecule has 0 aliphatic rings. The molecule has 4 nitrogen and oxygen atoms in total. The van der Waals surface area contributed by atoms with E-state index in [2.05, 4.69) is 10.3 Å². The monoisotopic (exact) mass is 335 g/mol. The van der Waals surface area contributed by atoms with Crippen LogP contribution in [0.25, 0.3) is 10.6 Å². The molecule has 1 aromatic carbocycles. The van der Waals surface area contributed by atoms with Gasteiger partial charge in [0.25, 0.3) is 5.91 Å². The number of amides is 1. The summed E-state index contributed by atoms with van der Waals surface area (Å²) in [6, 6.07) is 6.14. The summed E-state index contributed by atoms with van der Waals surface area (Å²) >= 11 is 1.34. The third kappa shape index (κ3) is 5.11. The van der Waals surface area contributed by atoms with E-state index < -0.39 is 0 Å². The number of halogens is 1. The van der Waals surface area contributed by atoms with Crippen molar-refractivity contribution < 1.29 is 9.18 Å². The average Bonchev–Trinajstić information content (AvgIpc) is 2.93. The first-order valence-electron chi connectivity index (χ1n) is 7.83. The molecule has 1 amide bonds. The van der Waals surface area contributed by atoms with Gasteiger partial charge in [-0.1, -0.05) is 12.8 Å². The first kappa shape index (κ1) is 17.6. The summed E-state index contributed by atoms with van der Waals surface area (Å²) in [5.74, 6) is -0.373. The first-order chi connectivity index (χ1) is 11.1. The first-order valence-corrected chi connectivity index (χ1v) is 8.65. The van der Waals surface area contributed by atoms with Crippen molar-refractivity contribution in [2.45, 2.75) is 32.6 Å². The number of nitrogens with two attached hydrogens (primary N) is 1. The number of aryl methyl sites for hydroxylation is 1. The fourth-order valence-electron chi connectivity index (χ4n) is 2.23. The summed E-state index contributed by atoms with van der Waals surface area (Å²) in [5, 5.41) is 3.66. The zero-order chi connectivity index (χ0) is 16.7. The number of nitrogens with one attached hydrogen (secondary N) is 1. The van der Waals surface area contributed by atoms with Gasteiger partial charge in [-0.2, -0.15) is 0 Å². The van der Waals surface area contributed by atoms with E-state index in [1.807, 2.05) is 6.92 Å². The SMILES string of the molecule is Cc1nc(-c2ccc(F)cc2)sc1C(=O)NCCCCCCN. The summed E-state index contributed by atoms with van der Waals surface area (Å²) in [5.41, 5.74) is 6.97.